The van der Waals surface area contributed by atoms with Gasteiger partial charge >= 0.3 is 0 Å². The highest BCUT2D eigenvalue weighted by atomic mass is 16.7. The van der Waals surface area contributed by atoms with E-state index in [9.17, 15) is 5.11 Å². The van der Waals surface area contributed by atoms with Crippen molar-refractivity contribution in [1.82, 2.24) is 0 Å². The largest absolute Gasteiger partial charge is 0.390 e. The minimum Gasteiger partial charge on any atom is -0.390 e. The minimum absolute atomic E-state index is 0.0560. The van der Waals surface area contributed by atoms with Crippen molar-refractivity contribution in [2.24, 2.45) is 17.3 Å². The molecule has 2 rings (SSSR count). The van der Waals surface area contributed by atoms with Gasteiger partial charge in [0.2, 0.25) is 0 Å². The maximum atomic E-state index is 9.89. The molecule has 1 N–H and O–H groups in total. The molecule has 0 aromatic carbocycles. The van der Waals surface area contributed by atoms with E-state index in [1.54, 1.807) is 0 Å². The summed E-state index contributed by atoms with van der Waals surface area (Å²) in [5.74, 6) is 0.853. The fourth-order valence-electron chi connectivity index (χ4n) is 4.57. The number of aliphatic hydroxyl groups excluding tert-OH is 1. The van der Waals surface area contributed by atoms with Crippen LogP contribution < -0.4 is 0 Å². The Bertz CT molecular complexity index is 436. The number of hydrogen-bond acceptors (Lipinski definition) is 4. The summed E-state index contributed by atoms with van der Waals surface area (Å²) in [4.78, 5) is 0. The zero-order valence-corrected chi connectivity index (χ0v) is 17.5. The quantitative estimate of drug-likeness (QED) is 0.694. The van der Waals surface area contributed by atoms with Gasteiger partial charge in [-0.05, 0) is 78.6 Å². The van der Waals surface area contributed by atoms with Crippen molar-refractivity contribution in [3.8, 4) is 0 Å². The molecule has 1 aliphatic carbocycles. The lowest BCUT2D eigenvalue weighted by molar-refractivity contribution is -0.255. The molecule has 25 heavy (non-hydrogen) atoms. The van der Waals surface area contributed by atoms with E-state index in [1.165, 1.54) is 6.42 Å². The third-order valence-corrected chi connectivity index (χ3v) is 6.19. The van der Waals surface area contributed by atoms with Crippen molar-refractivity contribution in [2.75, 3.05) is 0 Å². The molecular weight excluding hydrogens is 316 g/mol. The molecule has 0 aromatic heterocycles. The molecule has 148 valence electrons. The van der Waals surface area contributed by atoms with Crippen LogP contribution in [0.3, 0.4) is 0 Å². The van der Waals surface area contributed by atoms with E-state index < -0.39 is 0 Å². The average Bonchev–Trinajstić information content (AvgIpc) is 3.15. The highest BCUT2D eigenvalue weighted by Gasteiger charge is 2.57. The van der Waals surface area contributed by atoms with Gasteiger partial charge in [0.05, 0.1) is 30.0 Å². The van der Waals surface area contributed by atoms with E-state index in [-0.39, 0.29) is 42.2 Å². The van der Waals surface area contributed by atoms with Gasteiger partial charge in [0.15, 0.2) is 6.29 Å². The third-order valence-electron chi connectivity index (χ3n) is 6.19. The Morgan fingerprint density at radius 3 is 2.48 bits per heavy atom. The highest BCUT2D eigenvalue weighted by Crippen LogP contribution is 2.61. The Morgan fingerprint density at radius 1 is 1.24 bits per heavy atom. The molecule has 1 saturated carbocycles. The summed E-state index contributed by atoms with van der Waals surface area (Å²) < 4.78 is 18.2. The normalized spacial score (nSPS) is 40.3. The van der Waals surface area contributed by atoms with Gasteiger partial charge in [-0.1, -0.05) is 13.8 Å². The van der Waals surface area contributed by atoms with Gasteiger partial charge < -0.3 is 19.3 Å². The molecular formula is C21H40O4. The minimum atomic E-state index is -0.375. The van der Waals surface area contributed by atoms with E-state index in [0.29, 0.717) is 11.3 Å². The van der Waals surface area contributed by atoms with Crippen LogP contribution in [0.4, 0.5) is 0 Å². The standard InChI is InChI=1S/C21H40O4/c1-13(2)25-20(6,7)18-12-21(18,8)10-9-15(4)23-19-14(3)11-17(22)16(5)24-19/h13-19,22H,9-12H2,1-8H3/t14-,15-,16+,17-,18-,19-,21+/m1/s1. The van der Waals surface area contributed by atoms with Crippen LogP contribution in [0.1, 0.15) is 81.1 Å². The van der Waals surface area contributed by atoms with Gasteiger partial charge in [-0.3, -0.25) is 0 Å². The predicted molar refractivity (Wildman–Crippen MR) is 100 cm³/mol. The van der Waals surface area contributed by atoms with Gasteiger partial charge in [0, 0.05) is 5.92 Å². The lowest BCUT2D eigenvalue weighted by Gasteiger charge is -2.37. The molecule has 1 aliphatic heterocycles. The summed E-state index contributed by atoms with van der Waals surface area (Å²) in [5, 5.41) is 9.89. The summed E-state index contributed by atoms with van der Waals surface area (Å²) in [6.07, 6.45) is 3.89. The first-order valence-electron chi connectivity index (χ1n) is 10.1. The van der Waals surface area contributed by atoms with Crippen molar-refractivity contribution in [3.63, 3.8) is 0 Å². The van der Waals surface area contributed by atoms with Crippen molar-refractivity contribution in [2.45, 2.75) is 117 Å². The van der Waals surface area contributed by atoms with E-state index in [2.05, 4.69) is 48.5 Å². The lowest BCUT2D eigenvalue weighted by atomic mass is 9.90. The summed E-state index contributed by atoms with van der Waals surface area (Å²) in [6, 6.07) is 0. The zero-order chi connectivity index (χ0) is 19.0. The first-order valence-corrected chi connectivity index (χ1v) is 10.1. The van der Waals surface area contributed by atoms with Crippen LogP contribution in [0.25, 0.3) is 0 Å². The summed E-state index contributed by atoms with van der Waals surface area (Å²) in [7, 11) is 0. The van der Waals surface area contributed by atoms with Crippen LogP contribution in [0.15, 0.2) is 0 Å². The topological polar surface area (TPSA) is 47.9 Å². The molecule has 0 spiro atoms. The Morgan fingerprint density at radius 2 is 1.88 bits per heavy atom. The second kappa shape index (κ2) is 7.84. The fourth-order valence-corrected chi connectivity index (χ4v) is 4.57. The van der Waals surface area contributed by atoms with E-state index in [4.69, 9.17) is 14.2 Å². The summed E-state index contributed by atoms with van der Waals surface area (Å²) >= 11 is 0. The molecule has 0 aromatic rings. The van der Waals surface area contributed by atoms with Gasteiger partial charge in [-0.2, -0.15) is 0 Å². The van der Waals surface area contributed by atoms with Crippen LogP contribution >= 0.6 is 0 Å². The van der Waals surface area contributed by atoms with Crippen LogP contribution in [0.5, 0.6) is 0 Å². The maximum Gasteiger partial charge on any atom is 0.161 e. The molecule has 4 nitrogen and oxygen atoms in total. The molecule has 2 fully saturated rings. The summed E-state index contributed by atoms with van der Waals surface area (Å²) in [6.45, 7) is 17.2. The number of rotatable bonds is 8. The molecule has 0 amide bonds. The highest BCUT2D eigenvalue weighted by molar-refractivity contribution is 5.07. The SMILES string of the molecule is CC(C)OC(C)(C)[C@H]1C[C@]1(C)CC[C@@H](C)O[C@@H]1O[C@@H](C)[C@H](O)C[C@H]1C. The van der Waals surface area contributed by atoms with E-state index in [0.717, 1.165) is 19.3 Å². The Kier molecular flexibility index (Phi) is 6.63. The number of hydrogen-bond donors (Lipinski definition) is 1. The molecule has 0 unspecified atom stereocenters. The van der Waals surface area contributed by atoms with Crippen molar-refractivity contribution < 1.29 is 19.3 Å². The lowest BCUT2D eigenvalue weighted by Crippen LogP contribution is -2.44. The summed E-state index contributed by atoms with van der Waals surface area (Å²) in [5.41, 5.74) is 0.304. The maximum absolute atomic E-state index is 9.89. The first kappa shape index (κ1) is 21.1. The second-order valence-electron chi connectivity index (χ2n) is 9.66. The van der Waals surface area contributed by atoms with Gasteiger partial charge in [0.1, 0.15) is 0 Å². The first-order chi connectivity index (χ1) is 11.4. The predicted octanol–water partition coefficient (Wildman–Crippen LogP) is 4.53. The molecule has 1 heterocycles. The van der Waals surface area contributed by atoms with Gasteiger partial charge in [-0.25, -0.2) is 0 Å². The van der Waals surface area contributed by atoms with Crippen molar-refractivity contribution >= 4 is 0 Å². The molecule has 1 saturated heterocycles. The second-order valence-corrected chi connectivity index (χ2v) is 9.66. The molecule has 7 atom stereocenters. The van der Waals surface area contributed by atoms with Crippen LogP contribution in [0.2, 0.25) is 0 Å². The zero-order valence-electron chi connectivity index (χ0n) is 17.5. The van der Waals surface area contributed by atoms with Crippen molar-refractivity contribution in [3.05, 3.63) is 0 Å². The van der Waals surface area contributed by atoms with Gasteiger partial charge in [0.25, 0.3) is 0 Å². The smallest absolute Gasteiger partial charge is 0.161 e. The Hall–Kier alpha value is -0.160. The molecule has 0 bridgehead atoms. The molecule has 2 aliphatic rings. The average molecular weight is 357 g/mol. The fraction of sp³-hybridized carbons (Fsp3) is 1.00. The Balaban J connectivity index is 1.78. The van der Waals surface area contributed by atoms with Crippen LogP contribution in [-0.2, 0) is 14.2 Å². The van der Waals surface area contributed by atoms with E-state index >= 15 is 0 Å². The van der Waals surface area contributed by atoms with E-state index in [1.807, 2.05) is 6.92 Å². The van der Waals surface area contributed by atoms with Crippen LogP contribution in [0, 0.1) is 17.3 Å². The third kappa shape index (κ3) is 5.41. The Labute approximate surface area is 154 Å². The number of ether oxygens (including phenoxy) is 3. The monoisotopic (exact) mass is 356 g/mol. The number of aliphatic hydroxyl groups is 1. The molecule has 0 radical (unpaired) electrons. The van der Waals surface area contributed by atoms with Gasteiger partial charge in [-0.15, -0.1) is 0 Å². The van der Waals surface area contributed by atoms with Crippen molar-refractivity contribution in [1.29, 1.82) is 0 Å². The van der Waals surface area contributed by atoms with Crippen LogP contribution in [-0.4, -0.2) is 41.4 Å². The molecule has 4 heteroatoms.